The van der Waals surface area contributed by atoms with Crippen LogP contribution in [0.2, 0.25) is 0 Å². The number of carboxylic acids is 4. The van der Waals surface area contributed by atoms with Gasteiger partial charge in [0.2, 0.25) is 0 Å². The zero-order valence-corrected chi connectivity index (χ0v) is 31.7. The van der Waals surface area contributed by atoms with E-state index in [0.29, 0.717) is 0 Å². The number of benzene rings is 2. The fourth-order valence-electron chi connectivity index (χ4n) is 5.71. The number of carboxylic acid groups (broad SMARTS) is 4. The van der Waals surface area contributed by atoms with Crippen LogP contribution in [0.1, 0.15) is 58.4 Å². The maximum atomic E-state index is 11.7. The highest BCUT2D eigenvalue weighted by Crippen LogP contribution is 2.36. The highest BCUT2D eigenvalue weighted by Gasteiger charge is 2.24. The zero-order valence-electron chi connectivity index (χ0n) is 31.7. The van der Waals surface area contributed by atoms with Gasteiger partial charge in [0.15, 0.2) is 34.6 Å². The Morgan fingerprint density at radius 2 is 1.06 bits per heavy atom. The number of azo groups is 2. The molecule has 0 spiro atoms. The second-order valence-corrected chi connectivity index (χ2v) is 12.6. The van der Waals surface area contributed by atoms with Crippen LogP contribution in [0.4, 0.5) is 40.3 Å². The Morgan fingerprint density at radius 1 is 0.651 bits per heavy atom. The number of hydrogen-bond donors (Lipinski definition) is 7. The summed E-state index contributed by atoms with van der Waals surface area (Å²) in [4.78, 5) is 62.3. The number of carbonyl (C=O) groups is 4. The second kappa shape index (κ2) is 15.8. The third-order valence-electron chi connectivity index (χ3n) is 8.62. The lowest BCUT2D eigenvalue weighted by Crippen LogP contribution is -2.13. The molecule has 0 amide bonds. The Hall–Kier alpha value is -10.2. The van der Waals surface area contributed by atoms with Crippen molar-refractivity contribution in [1.82, 2.24) is 54.1 Å². The minimum Gasteiger partial charge on any atom is -0.479 e. The van der Waals surface area contributed by atoms with Gasteiger partial charge in [-0.1, -0.05) is 0 Å². The molecular weight excluding hydrogens is 831 g/mol. The number of aryl methyl sites for hydroxylation is 2. The second-order valence-electron chi connectivity index (χ2n) is 12.6. The molecule has 28 nitrogen and oxygen atoms in total. The standard InChI is InChI=1S/C35H23N19O9/c1-13-23(45-47-27-19(10-36)11-40-51(27)20-6-15(29(55)56)4-16(7-20)30(57)58)25(37)53(49-13)33-42-34(44-35(63)43-33)54-26(38)24(14(2)50-54)46-48-28-22(39-3)12-41-52(28)21-8-17(31(59)60)5-18(9-21)32(61)62/h4-9,11-12H,37-38H2,1-2H3,(H,55,56)(H,57,58)(H,59,60)(H,61,62)(H,42,43,44,63). The lowest BCUT2D eigenvalue weighted by Gasteiger charge is -2.08. The average Bonchev–Trinajstić information content (AvgIpc) is 4.01. The maximum absolute atomic E-state index is 11.7. The molecule has 2 aromatic carbocycles. The van der Waals surface area contributed by atoms with Gasteiger partial charge in [-0.3, -0.25) is 0 Å². The molecule has 0 fully saturated rings. The highest BCUT2D eigenvalue weighted by atomic mass is 16.4. The van der Waals surface area contributed by atoms with E-state index in [1.165, 1.54) is 13.8 Å². The zero-order chi connectivity index (χ0) is 45.4. The normalized spacial score (nSPS) is 11.2. The minimum absolute atomic E-state index is 0.0552. The summed E-state index contributed by atoms with van der Waals surface area (Å²) in [5, 5.41) is 91.7. The van der Waals surface area contributed by atoms with Crippen molar-refractivity contribution in [1.29, 1.82) is 5.26 Å². The topological polar surface area (TPSA) is 409 Å². The highest BCUT2D eigenvalue weighted by molar-refractivity contribution is 5.96. The monoisotopic (exact) mass is 853 g/mol. The van der Waals surface area contributed by atoms with E-state index in [1.54, 1.807) is 0 Å². The van der Waals surface area contributed by atoms with Crippen LogP contribution >= 0.6 is 0 Å². The van der Waals surface area contributed by atoms with Crippen LogP contribution in [-0.4, -0.2) is 103 Å². The summed E-state index contributed by atoms with van der Waals surface area (Å²) < 4.78 is 3.94. The number of nitrogens with two attached hydrogens (primary N) is 2. The van der Waals surface area contributed by atoms with Gasteiger partial charge in [-0.15, -0.1) is 20.5 Å². The molecule has 312 valence electrons. The van der Waals surface area contributed by atoms with Crippen molar-refractivity contribution in [2.24, 2.45) is 20.5 Å². The van der Waals surface area contributed by atoms with Crippen LogP contribution in [0.15, 0.2) is 69.2 Å². The van der Waals surface area contributed by atoms with Crippen molar-refractivity contribution in [3.05, 3.63) is 99.4 Å². The Kier molecular flexibility index (Phi) is 10.3. The van der Waals surface area contributed by atoms with Crippen LogP contribution in [0.3, 0.4) is 0 Å². The van der Waals surface area contributed by atoms with Gasteiger partial charge < -0.3 is 37.0 Å². The van der Waals surface area contributed by atoms with Gasteiger partial charge in [0.1, 0.15) is 11.6 Å². The lowest BCUT2D eigenvalue weighted by molar-refractivity contribution is 0.0676. The fraction of sp³-hybridized carbons (Fsp3) is 0.0571. The van der Waals surface area contributed by atoms with Crippen LogP contribution < -0.4 is 11.5 Å². The fourth-order valence-corrected chi connectivity index (χ4v) is 5.71. The number of aromatic hydroxyl groups is 1. The molecule has 0 aliphatic rings. The summed E-state index contributed by atoms with van der Waals surface area (Å²) in [7, 11) is 0. The molecule has 0 atom stereocenters. The molecule has 0 aliphatic heterocycles. The summed E-state index contributed by atoms with van der Waals surface area (Å²) in [6, 6.07) is 7.42. The van der Waals surface area contributed by atoms with Gasteiger partial charge in [-0.2, -0.15) is 50.0 Å². The largest absolute Gasteiger partial charge is 0.479 e. The van der Waals surface area contributed by atoms with E-state index in [2.05, 4.69) is 60.6 Å². The van der Waals surface area contributed by atoms with Gasteiger partial charge in [-0.25, -0.2) is 33.4 Å². The SMILES string of the molecule is [C-]#[N+]c1cnn(-c2cc(C(=O)O)cc(C(=O)O)c2)c1N=Nc1c(C)nn(-c2nc(O)nc(-n3nc(C)c(N=Nc4c(C#N)cnn4-c4cc(C(=O)O)cc(C(=O)O)c4)c3N)n2)c1N. The molecule has 7 aromatic rings. The van der Waals surface area contributed by atoms with Crippen molar-refractivity contribution in [2.75, 3.05) is 11.5 Å². The summed E-state index contributed by atoms with van der Waals surface area (Å²) >= 11 is 0. The molecule has 0 bridgehead atoms. The summed E-state index contributed by atoms with van der Waals surface area (Å²) in [6.07, 6.45) is 2.22. The number of nitrogens with zero attached hydrogens (tertiary/aromatic N) is 17. The first-order chi connectivity index (χ1) is 30.0. The molecule has 28 heteroatoms. The quantitative estimate of drug-likeness (QED) is 0.0670. The molecule has 7 rings (SSSR count). The first-order valence-corrected chi connectivity index (χ1v) is 17.2. The third-order valence-corrected chi connectivity index (χ3v) is 8.62. The number of aromatic nitrogens is 11. The Bertz CT molecular complexity index is 2980. The van der Waals surface area contributed by atoms with E-state index < -0.39 is 29.9 Å². The third kappa shape index (κ3) is 7.61. The summed E-state index contributed by atoms with van der Waals surface area (Å²) in [5.41, 5.74) is 11.0. The van der Waals surface area contributed by atoms with Gasteiger partial charge in [0.25, 0.3) is 17.6 Å². The van der Waals surface area contributed by atoms with Crippen LogP contribution in [0, 0.1) is 31.8 Å². The molecule has 5 aromatic heterocycles. The van der Waals surface area contributed by atoms with Crippen molar-refractivity contribution >= 4 is 64.2 Å². The van der Waals surface area contributed by atoms with Crippen molar-refractivity contribution in [3.8, 4) is 35.4 Å². The first-order valence-electron chi connectivity index (χ1n) is 17.2. The van der Waals surface area contributed by atoms with Crippen molar-refractivity contribution < 1.29 is 44.7 Å². The molecule has 0 aliphatic carbocycles. The van der Waals surface area contributed by atoms with Crippen molar-refractivity contribution in [3.63, 3.8) is 0 Å². The molecule has 5 heterocycles. The average molecular weight is 854 g/mol. The van der Waals surface area contributed by atoms with Gasteiger partial charge >= 0.3 is 29.9 Å². The maximum Gasteiger partial charge on any atom is 0.335 e. The molecule has 63 heavy (non-hydrogen) atoms. The molecule has 0 unspecified atom stereocenters. The summed E-state index contributed by atoms with van der Waals surface area (Å²) in [5.74, 6) is -7.36. The first kappa shape index (κ1) is 40.9. The van der Waals surface area contributed by atoms with E-state index in [-0.39, 0.29) is 103 Å². The molecular formula is C35H23N19O9. The molecule has 0 radical (unpaired) electrons. The molecule has 0 saturated carbocycles. The van der Waals surface area contributed by atoms with Crippen LogP contribution in [-0.2, 0) is 0 Å². The predicted octanol–water partition coefficient (Wildman–Crippen LogP) is 4.15. The summed E-state index contributed by atoms with van der Waals surface area (Å²) in [6.45, 7) is 10.5. The Morgan fingerprint density at radius 3 is 1.48 bits per heavy atom. The smallest absolute Gasteiger partial charge is 0.335 e. The van der Waals surface area contributed by atoms with E-state index in [1.807, 2.05) is 6.07 Å². The minimum atomic E-state index is -1.42. The van der Waals surface area contributed by atoms with Gasteiger partial charge in [-0.05, 0) is 50.2 Å². The predicted molar refractivity (Wildman–Crippen MR) is 208 cm³/mol. The molecule has 9 N–H and O–H groups in total. The number of hydrogen-bond acceptors (Lipinski definition) is 19. The Labute approximate surface area is 348 Å². The van der Waals surface area contributed by atoms with Crippen molar-refractivity contribution in [2.45, 2.75) is 13.8 Å². The van der Waals surface area contributed by atoms with Gasteiger partial charge in [0, 0.05) is 0 Å². The number of nitrogen functional groups attached to an aromatic ring is 2. The van der Waals surface area contributed by atoms with E-state index in [4.69, 9.17) is 18.0 Å². The van der Waals surface area contributed by atoms with E-state index in [9.17, 15) is 50.0 Å². The molecule has 0 saturated heterocycles. The van der Waals surface area contributed by atoms with E-state index in [0.717, 1.165) is 67.5 Å². The number of nitriles is 1. The van der Waals surface area contributed by atoms with Crippen LogP contribution in [0.25, 0.3) is 28.1 Å². The number of rotatable bonds is 12. The Balaban J connectivity index is 1.23. The number of aromatic carboxylic acids is 4. The number of anilines is 2. The lowest BCUT2D eigenvalue weighted by atomic mass is 10.1. The van der Waals surface area contributed by atoms with E-state index >= 15 is 0 Å². The van der Waals surface area contributed by atoms with Gasteiger partial charge in [0.05, 0.1) is 64.0 Å². The van der Waals surface area contributed by atoms with Crippen LogP contribution in [0.5, 0.6) is 6.01 Å².